The highest BCUT2D eigenvalue weighted by atomic mass is 16.7. The van der Waals surface area contributed by atoms with Crippen LogP contribution in [0.1, 0.15) is 12.5 Å². The zero-order valence-electron chi connectivity index (χ0n) is 9.80. The number of nitrogens with one attached hydrogen (secondary N) is 1. The van der Waals surface area contributed by atoms with Crippen molar-refractivity contribution in [2.45, 2.75) is 19.4 Å². The van der Waals surface area contributed by atoms with Crippen molar-refractivity contribution in [2.24, 2.45) is 0 Å². The lowest BCUT2D eigenvalue weighted by Crippen LogP contribution is -2.39. The van der Waals surface area contributed by atoms with Gasteiger partial charge in [0.15, 0.2) is 11.5 Å². The summed E-state index contributed by atoms with van der Waals surface area (Å²) >= 11 is 0. The summed E-state index contributed by atoms with van der Waals surface area (Å²) in [6, 6.07) is 4.30. The summed E-state index contributed by atoms with van der Waals surface area (Å²) in [6.07, 6.45) is 0.105. The van der Waals surface area contributed by atoms with Gasteiger partial charge in [-0.3, -0.25) is 9.59 Å². The molecule has 2 N–H and O–H groups in total. The minimum Gasteiger partial charge on any atom is -0.480 e. The molecule has 1 aliphatic heterocycles. The van der Waals surface area contributed by atoms with Gasteiger partial charge in [-0.05, 0) is 24.6 Å². The van der Waals surface area contributed by atoms with Crippen LogP contribution in [0.5, 0.6) is 11.5 Å². The summed E-state index contributed by atoms with van der Waals surface area (Å²) in [6.45, 7) is 1.60. The van der Waals surface area contributed by atoms with Gasteiger partial charge < -0.3 is 19.9 Å². The molecule has 6 nitrogen and oxygen atoms in total. The van der Waals surface area contributed by atoms with Crippen LogP contribution in [0.25, 0.3) is 0 Å². The van der Waals surface area contributed by atoms with Crippen molar-refractivity contribution in [1.82, 2.24) is 5.32 Å². The summed E-state index contributed by atoms with van der Waals surface area (Å²) in [4.78, 5) is 22.2. The van der Waals surface area contributed by atoms with Gasteiger partial charge in [0.1, 0.15) is 6.04 Å². The Kier molecular flexibility index (Phi) is 3.36. The Morgan fingerprint density at radius 2 is 2.11 bits per heavy atom. The normalized spacial score (nSPS) is 14.1. The highest BCUT2D eigenvalue weighted by Gasteiger charge is 2.17. The Morgan fingerprint density at radius 3 is 2.83 bits per heavy atom. The first-order valence-corrected chi connectivity index (χ1v) is 5.47. The maximum Gasteiger partial charge on any atom is 0.325 e. The van der Waals surface area contributed by atoms with Crippen molar-refractivity contribution in [1.29, 1.82) is 0 Å². The number of carboxylic acids is 1. The van der Waals surface area contributed by atoms with E-state index in [4.69, 9.17) is 14.6 Å². The molecule has 1 heterocycles. The number of carbonyl (C=O) groups excluding carboxylic acids is 1. The van der Waals surface area contributed by atoms with Crippen LogP contribution >= 0.6 is 0 Å². The number of aliphatic carboxylic acids is 1. The van der Waals surface area contributed by atoms with Crippen LogP contribution in [0.15, 0.2) is 18.2 Å². The zero-order valence-corrected chi connectivity index (χ0v) is 9.80. The number of hydrogen-bond acceptors (Lipinski definition) is 4. The molecule has 0 saturated heterocycles. The molecule has 1 aliphatic rings. The molecule has 0 bridgehead atoms. The molecule has 96 valence electrons. The summed E-state index contributed by atoms with van der Waals surface area (Å²) in [5.74, 6) is -0.151. The average Bonchev–Trinajstić information content (AvgIpc) is 2.75. The molecule has 0 spiro atoms. The van der Waals surface area contributed by atoms with Crippen molar-refractivity contribution < 1.29 is 24.2 Å². The molecule has 0 aliphatic carbocycles. The van der Waals surface area contributed by atoms with E-state index >= 15 is 0 Å². The van der Waals surface area contributed by atoms with Crippen molar-refractivity contribution in [3.05, 3.63) is 23.8 Å². The van der Waals surface area contributed by atoms with Crippen molar-refractivity contribution in [3.8, 4) is 11.5 Å². The van der Waals surface area contributed by atoms with Gasteiger partial charge in [-0.25, -0.2) is 0 Å². The maximum absolute atomic E-state index is 11.6. The van der Waals surface area contributed by atoms with Gasteiger partial charge in [-0.1, -0.05) is 6.07 Å². The van der Waals surface area contributed by atoms with E-state index in [1.807, 2.05) is 0 Å². The number of ether oxygens (including phenoxy) is 2. The second-order valence-electron chi connectivity index (χ2n) is 3.99. The van der Waals surface area contributed by atoms with Crippen LogP contribution in [0.3, 0.4) is 0 Å². The predicted molar refractivity (Wildman–Crippen MR) is 61.5 cm³/mol. The fraction of sp³-hybridized carbons (Fsp3) is 0.333. The third-order valence-corrected chi connectivity index (χ3v) is 2.55. The van der Waals surface area contributed by atoms with E-state index in [2.05, 4.69) is 5.32 Å². The van der Waals surface area contributed by atoms with Gasteiger partial charge in [0.05, 0.1) is 6.42 Å². The van der Waals surface area contributed by atoms with Gasteiger partial charge in [0.2, 0.25) is 12.7 Å². The fourth-order valence-electron chi connectivity index (χ4n) is 1.59. The van der Waals surface area contributed by atoms with E-state index in [0.29, 0.717) is 11.5 Å². The summed E-state index contributed by atoms with van der Waals surface area (Å²) in [5, 5.41) is 11.1. The molecule has 1 atom stereocenters. The topological polar surface area (TPSA) is 84.9 Å². The smallest absolute Gasteiger partial charge is 0.325 e. The molecule has 1 aromatic rings. The molecule has 2 rings (SSSR count). The van der Waals surface area contributed by atoms with Crippen LogP contribution in [-0.4, -0.2) is 29.8 Å². The predicted octanol–water partition coefficient (Wildman–Crippen LogP) is 0.547. The number of rotatable bonds is 4. The first kappa shape index (κ1) is 12.2. The van der Waals surface area contributed by atoms with Crippen LogP contribution in [0.4, 0.5) is 0 Å². The number of benzene rings is 1. The Balaban J connectivity index is 1.97. The monoisotopic (exact) mass is 251 g/mol. The average molecular weight is 251 g/mol. The number of fused-ring (bicyclic) bond motifs is 1. The first-order chi connectivity index (χ1) is 8.56. The Hall–Kier alpha value is -2.24. The Labute approximate surface area is 104 Å². The van der Waals surface area contributed by atoms with Crippen molar-refractivity contribution >= 4 is 11.9 Å². The molecule has 0 fully saturated rings. The quantitative estimate of drug-likeness (QED) is 0.816. The standard InChI is InChI=1S/C12H13NO5/c1-7(12(15)16)13-11(14)5-8-2-3-9-10(4-8)18-6-17-9/h2-4,7H,5-6H2,1H3,(H,13,14)(H,15,16)/t7-/m1/s1. The molecule has 6 heteroatoms. The van der Waals surface area contributed by atoms with Gasteiger partial charge in [-0.2, -0.15) is 0 Å². The minimum absolute atomic E-state index is 0.105. The third-order valence-electron chi connectivity index (χ3n) is 2.55. The van der Waals surface area contributed by atoms with Crippen LogP contribution < -0.4 is 14.8 Å². The molecule has 18 heavy (non-hydrogen) atoms. The van der Waals surface area contributed by atoms with E-state index in [9.17, 15) is 9.59 Å². The third kappa shape index (κ3) is 2.71. The summed E-state index contributed by atoms with van der Waals surface area (Å²) in [7, 11) is 0. The van der Waals surface area contributed by atoms with Crippen LogP contribution in [0, 0.1) is 0 Å². The molecule has 0 radical (unpaired) electrons. The lowest BCUT2D eigenvalue weighted by atomic mass is 10.1. The second-order valence-corrected chi connectivity index (χ2v) is 3.99. The highest BCUT2D eigenvalue weighted by molar-refractivity contribution is 5.84. The Morgan fingerprint density at radius 1 is 1.39 bits per heavy atom. The van der Waals surface area contributed by atoms with Crippen molar-refractivity contribution in [2.75, 3.05) is 6.79 Å². The van der Waals surface area contributed by atoms with E-state index < -0.39 is 12.0 Å². The first-order valence-electron chi connectivity index (χ1n) is 5.47. The van der Waals surface area contributed by atoms with Gasteiger partial charge in [0, 0.05) is 0 Å². The van der Waals surface area contributed by atoms with Gasteiger partial charge >= 0.3 is 5.97 Å². The lowest BCUT2D eigenvalue weighted by Gasteiger charge is -2.09. The van der Waals surface area contributed by atoms with Crippen molar-refractivity contribution in [3.63, 3.8) is 0 Å². The van der Waals surface area contributed by atoms with E-state index in [1.54, 1.807) is 18.2 Å². The van der Waals surface area contributed by atoms with E-state index in [1.165, 1.54) is 6.92 Å². The number of amides is 1. The lowest BCUT2D eigenvalue weighted by molar-refractivity contribution is -0.141. The minimum atomic E-state index is -1.06. The zero-order chi connectivity index (χ0) is 13.1. The highest BCUT2D eigenvalue weighted by Crippen LogP contribution is 2.32. The summed E-state index contributed by atoms with van der Waals surface area (Å²) < 4.78 is 10.3. The number of carboxylic acid groups (broad SMARTS) is 1. The SMILES string of the molecule is C[C@@H](NC(=O)Cc1ccc2c(c1)OCO2)C(=O)O. The Bertz CT molecular complexity index is 485. The molecule has 0 saturated carbocycles. The maximum atomic E-state index is 11.6. The van der Waals surface area contributed by atoms with Crippen LogP contribution in [0.2, 0.25) is 0 Å². The second kappa shape index (κ2) is 4.95. The molecular formula is C12H13NO5. The van der Waals surface area contributed by atoms with Gasteiger partial charge in [-0.15, -0.1) is 0 Å². The fourth-order valence-corrected chi connectivity index (χ4v) is 1.59. The van der Waals surface area contributed by atoms with E-state index in [-0.39, 0.29) is 19.1 Å². The largest absolute Gasteiger partial charge is 0.480 e. The molecule has 1 aromatic carbocycles. The number of hydrogen-bond donors (Lipinski definition) is 2. The van der Waals surface area contributed by atoms with E-state index in [0.717, 1.165) is 5.56 Å². The van der Waals surface area contributed by atoms with Gasteiger partial charge in [0.25, 0.3) is 0 Å². The molecular weight excluding hydrogens is 238 g/mol. The molecule has 0 aromatic heterocycles. The molecule has 0 unspecified atom stereocenters. The summed E-state index contributed by atoms with van der Waals surface area (Å²) in [5.41, 5.74) is 0.745. The van der Waals surface area contributed by atoms with Crippen LogP contribution in [-0.2, 0) is 16.0 Å². The molecule has 1 amide bonds. The number of carbonyl (C=O) groups is 2.